The second kappa shape index (κ2) is 27.9. The molecule has 3 saturated heterocycles. The number of nitrogens with two attached hydrogens (primary N) is 2. The van der Waals surface area contributed by atoms with Gasteiger partial charge in [-0.05, 0) is 17.7 Å². The maximum absolute atomic E-state index is 12.9. The summed E-state index contributed by atoms with van der Waals surface area (Å²) in [6.07, 6.45) is -24.1. The van der Waals surface area contributed by atoms with Crippen molar-refractivity contribution in [3.05, 3.63) is 42.5 Å². The quantitative estimate of drug-likeness (QED) is 0.0250. The summed E-state index contributed by atoms with van der Waals surface area (Å²) in [5.41, 5.74) is 10.6. The van der Waals surface area contributed by atoms with E-state index in [1.165, 1.54) is 38.1 Å². The average Bonchev–Trinajstić information content (AvgIpc) is 3.98. The Morgan fingerprint density at radius 3 is 2.06 bits per heavy atom. The lowest BCUT2D eigenvalue weighted by Gasteiger charge is -2.45. The van der Waals surface area contributed by atoms with Crippen LogP contribution in [0.1, 0.15) is 38.1 Å². The van der Waals surface area contributed by atoms with Crippen molar-refractivity contribution in [1.82, 2.24) is 30.2 Å². The van der Waals surface area contributed by atoms with Crippen LogP contribution in [0, 0.1) is 5.41 Å². The van der Waals surface area contributed by atoms with Gasteiger partial charge in [-0.3, -0.25) is 32.5 Å². The number of anilines is 1. The molecule has 5 heterocycles. The number of thioether (sulfide) groups is 1. The highest BCUT2D eigenvalue weighted by Crippen LogP contribution is 2.61. The summed E-state index contributed by atoms with van der Waals surface area (Å²) in [5, 5.41) is 97.4. The van der Waals surface area contributed by atoms with Gasteiger partial charge in [0.2, 0.25) is 23.2 Å². The summed E-state index contributed by atoms with van der Waals surface area (Å²) < 4.78 is 85.0. The molecule has 0 saturated carbocycles. The Labute approximate surface area is 462 Å². The van der Waals surface area contributed by atoms with Crippen molar-refractivity contribution in [2.24, 2.45) is 11.1 Å². The lowest BCUT2D eigenvalue weighted by molar-refractivity contribution is -0.357. The van der Waals surface area contributed by atoms with E-state index < -0.39 is 170 Å². The Morgan fingerprint density at radius 2 is 1.42 bits per heavy atom. The fourth-order valence-electron chi connectivity index (χ4n) is 8.03. The number of ether oxygens (including phenoxy) is 5. The largest absolute Gasteiger partial charge is 0.481 e. The van der Waals surface area contributed by atoms with Crippen LogP contribution in [0.5, 0.6) is 5.75 Å². The molecule has 81 heavy (non-hydrogen) atoms. The van der Waals surface area contributed by atoms with Gasteiger partial charge in [-0.2, -0.15) is 4.31 Å². The Balaban J connectivity index is 0.896. The van der Waals surface area contributed by atoms with Crippen molar-refractivity contribution in [2.75, 3.05) is 51.0 Å². The van der Waals surface area contributed by atoms with Crippen molar-refractivity contribution >= 4 is 69.1 Å². The number of nitrogen functional groups attached to an aromatic ring is 1. The molecule has 2 aromatic heterocycles. The molecule has 1 aromatic carbocycles. The van der Waals surface area contributed by atoms with E-state index in [0.29, 0.717) is 5.56 Å². The van der Waals surface area contributed by atoms with Crippen LogP contribution >= 0.6 is 35.2 Å². The monoisotopic (exact) mass is 1240 g/mol. The van der Waals surface area contributed by atoms with Gasteiger partial charge in [0, 0.05) is 30.7 Å². The number of fused-ring (bicyclic) bond motifs is 1. The highest BCUT2D eigenvalue weighted by Gasteiger charge is 2.53. The van der Waals surface area contributed by atoms with Crippen LogP contribution in [-0.4, -0.2) is 233 Å². The molecule has 18 unspecified atom stereocenters. The van der Waals surface area contributed by atoms with E-state index in [1.54, 1.807) is 0 Å². The molecule has 40 heteroatoms. The van der Waals surface area contributed by atoms with Crippen molar-refractivity contribution in [2.45, 2.75) is 118 Å². The van der Waals surface area contributed by atoms with E-state index in [0.717, 1.165) is 29.0 Å². The number of rotatable bonds is 27. The zero-order valence-electron chi connectivity index (χ0n) is 42.5. The van der Waals surface area contributed by atoms with Crippen LogP contribution in [0.4, 0.5) is 5.82 Å². The Hall–Kier alpha value is -3.86. The van der Waals surface area contributed by atoms with E-state index in [1.807, 2.05) is 0 Å². The Morgan fingerprint density at radius 1 is 0.790 bits per heavy atom. The molecule has 3 aliphatic heterocycles. The summed E-state index contributed by atoms with van der Waals surface area (Å²) >= 11 is 0.778. The number of amides is 2. The van der Waals surface area contributed by atoms with Gasteiger partial charge < -0.3 is 111 Å². The topological polar surface area (TPSA) is 568 Å². The van der Waals surface area contributed by atoms with E-state index in [2.05, 4.69) is 34.4 Å². The van der Waals surface area contributed by atoms with Crippen molar-refractivity contribution in [3.63, 3.8) is 0 Å². The zero-order valence-corrected chi connectivity index (χ0v) is 46.0. The van der Waals surface area contributed by atoms with Crippen molar-refractivity contribution in [3.8, 4) is 5.75 Å². The average molecular weight is 1240 g/mol. The van der Waals surface area contributed by atoms with Crippen molar-refractivity contribution in [1.29, 1.82) is 0 Å². The van der Waals surface area contributed by atoms with Crippen LogP contribution in [0.15, 0.2) is 36.9 Å². The SMILES string of the molecule is CC(C)(COP(=O)(O)OP(=O)(O)OCC1OC(n2cnc3c(N)ncnc32)C(O)C1OP(=O)(O)O)C(O)C(=O)NCCC(=O)NCCSC(=O)C(N)c1ccc(OC2OC(CO)C(O)C(O)C2OC2OC(CO)C(O)C(O)C2O)cc1. The smallest absolute Gasteiger partial charge is 0.462 e. The third-order valence-corrected chi connectivity index (χ3v) is 16.5. The minimum atomic E-state index is -5.65. The number of nitrogens with zero attached hydrogens (tertiary/aromatic N) is 4. The molecule has 2 amide bonds. The van der Waals surface area contributed by atoms with E-state index in [4.69, 9.17) is 44.2 Å². The number of hydrogen-bond donors (Lipinski definition) is 17. The van der Waals surface area contributed by atoms with Gasteiger partial charge in [0.25, 0.3) is 0 Å². The first-order valence-electron chi connectivity index (χ1n) is 24.0. The fourth-order valence-corrected chi connectivity index (χ4v) is 11.6. The summed E-state index contributed by atoms with van der Waals surface area (Å²) in [6, 6.07) is 4.40. The van der Waals surface area contributed by atoms with Crippen LogP contribution in [0.3, 0.4) is 0 Å². The molecular weight excluding hydrogens is 1180 g/mol. The van der Waals surface area contributed by atoms with Gasteiger partial charge >= 0.3 is 23.5 Å². The first kappa shape index (κ1) is 66.3. The molecule has 3 aliphatic rings. The second-order valence-electron chi connectivity index (χ2n) is 18.9. The molecule has 36 nitrogen and oxygen atoms in total. The number of aliphatic hydroxyl groups excluding tert-OH is 9. The third-order valence-electron chi connectivity index (χ3n) is 12.5. The molecule has 0 radical (unpaired) electrons. The molecule has 3 aromatic rings. The first-order chi connectivity index (χ1) is 37.9. The number of carbonyl (C=O) groups is 3. The first-order valence-corrected chi connectivity index (χ1v) is 29.5. The lowest BCUT2D eigenvalue weighted by atomic mass is 9.87. The van der Waals surface area contributed by atoms with Gasteiger partial charge in [-0.1, -0.05) is 37.7 Å². The lowest BCUT2D eigenvalue weighted by Crippen LogP contribution is -2.65. The number of benzene rings is 1. The van der Waals surface area contributed by atoms with Gasteiger partial charge in [-0.15, -0.1) is 0 Å². The minimum Gasteiger partial charge on any atom is -0.462 e. The maximum atomic E-state index is 12.9. The van der Waals surface area contributed by atoms with Gasteiger partial charge in [0.15, 0.2) is 30.1 Å². The Bertz CT molecular complexity index is 2770. The number of aliphatic hydroxyl groups is 9. The fraction of sp³-hybridized carbons (Fsp3) is 0.659. The number of hydrogen-bond acceptors (Lipinski definition) is 30. The number of aromatic nitrogens is 4. The molecule has 456 valence electrons. The van der Waals surface area contributed by atoms with Crippen LogP contribution in [0.25, 0.3) is 11.2 Å². The predicted molar refractivity (Wildman–Crippen MR) is 267 cm³/mol. The predicted octanol–water partition coefficient (Wildman–Crippen LogP) is -5.63. The number of nitrogens with one attached hydrogen (secondary N) is 2. The molecule has 0 bridgehead atoms. The number of imidazole rings is 1. The molecule has 19 N–H and O–H groups in total. The van der Waals surface area contributed by atoms with Crippen LogP contribution in [0.2, 0.25) is 0 Å². The van der Waals surface area contributed by atoms with Crippen LogP contribution in [-0.2, 0) is 64.9 Å². The molecule has 6 rings (SSSR count). The summed E-state index contributed by atoms with van der Waals surface area (Å²) in [4.78, 5) is 89.5. The van der Waals surface area contributed by atoms with Gasteiger partial charge in [0.05, 0.1) is 38.8 Å². The highest BCUT2D eigenvalue weighted by molar-refractivity contribution is 8.13. The Kier molecular flexibility index (Phi) is 22.8. The molecule has 3 fully saturated rings. The molecule has 18 atom stereocenters. The third kappa shape index (κ3) is 17.2. The zero-order chi connectivity index (χ0) is 59.9. The standard InChI is InChI=1S/C41H63N8O28P3S/c1-41(2,14-70-80(67,68)77-79(65,66)69-13-21-31(76-78(62,63)64)30(58)37(72-21)49-16-48-24-34(43)46-15-47-35(24)49)33(59)36(60)45-8-7-22(52)44-9-10-81-38(61)23(42)17-3-5-18(6-4-17)71-40-32(28(56)26(54)20(12-51)74-40)75-39-29(57)27(55)25(53)19(11-50)73-39/h3-6,15-16,19-21,23,25-33,37,39-40,50-51,53-59H,7-14,42H2,1-2H3,(H,44,52)(H,45,60)(H,65,66)(H,67,68)(H2,43,46,47)(H2,62,63,64). The van der Waals surface area contributed by atoms with Gasteiger partial charge in [0.1, 0.15) is 84.7 Å². The minimum absolute atomic E-state index is 0.000352. The molecule has 0 aliphatic carbocycles. The summed E-state index contributed by atoms with van der Waals surface area (Å²) in [6.45, 7) is -1.65. The second-order valence-corrected chi connectivity index (χ2v) is 24.2. The normalized spacial score (nSPS) is 30.5. The summed E-state index contributed by atoms with van der Waals surface area (Å²) in [7, 11) is -16.6. The number of carbonyl (C=O) groups excluding carboxylic acids is 3. The van der Waals surface area contributed by atoms with Gasteiger partial charge in [-0.25, -0.2) is 28.6 Å². The van der Waals surface area contributed by atoms with E-state index in [9.17, 15) is 93.6 Å². The van der Waals surface area contributed by atoms with Crippen LogP contribution < -0.4 is 26.8 Å². The number of phosphoric ester groups is 3. The van der Waals surface area contributed by atoms with E-state index in [-0.39, 0.29) is 48.0 Å². The molecular formula is C41H63N8O28P3S. The van der Waals surface area contributed by atoms with Crippen molar-refractivity contribution < 1.29 is 135 Å². The number of phosphoric acid groups is 3. The maximum Gasteiger partial charge on any atom is 0.481 e. The van der Waals surface area contributed by atoms with E-state index >= 15 is 0 Å². The highest BCUT2D eigenvalue weighted by atomic mass is 32.2. The molecule has 0 spiro atoms. The summed E-state index contributed by atoms with van der Waals surface area (Å²) in [5.74, 6) is -1.63.